The van der Waals surface area contributed by atoms with Crippen LogP contribution in [0, 0.1) is 14.9 Å². The molecule has 0 saturated carbocycles. The van der Waals surface area contributed by atoms with E-state index in [0.29, 0.717) is 11.1 Å². The molecule has 0 aliphatic carbocycles. The number of halogens is 3. The van der Waals surface area contributed by atoms with E-state index in [9.17, 15) is 10.1 Å². The Morgan fingerprint density at radius 1 is 1.15 bits per heavy atom. The lowest BCUT2D eigenvalue weighted by Gasteiger charge is -2.11. The third kappa shape index (κ3) is 3.48. The summed E-state index contributed by atoms with van der Waals surface area (Å²) in [5.41, 5.74) is 1.26. The average Bonchev–Trinajstić information content (AvgIpc) is 2.42. The van der Waals surface area contributed by atoms with E-state index in [1.54, 1.807) is 18.2 Å². The number of hydrogen-bond donors (Lipinski definition) is 0. The molecule has 1 atom stereocenters. The van der Waals surface area contributed by atoms with Crippen molar-refractivity contribution in [1.82, 2.24) is 0 Å². The largest absolute Gasteiger partial charge is 0.292 e. The Kier molecular flexibility index (Phi) is 5.35. The summed E-state index contributed by atoms with van der Waals surface area (Å²) in [5.74, 6) is -0.980. The zero-order valence-corrected chi connectivity index (χ0v) is 15.4. The van der Waals surface area contributed by atoms with E-state index in [2.05, 4.69) is 60.5 Å². The number of rotatable bonds is 3. The first-order chi connectivity index (χ1) is 9.52. The summed E-state index contributed by atoms with van der Waals surface area (Å²) in [5, 5.41) is 9.36. The number of benzene rings is 2. The molecule has 0 N–H and O–H groups in total. The molecule has 0 fully saturated rings. The fourth-order valence-corrected chi connectivity index (χ4v) is 3.19. The molecule has 2 nitrogen and oxygen atoms in total. The predicted molar refractivity (Wildman–Crippen MR) is 93.7 cm³/mol. The maximum Gasteiger partial charge on any atom is 0.185 e. The van der Waals surface area contributed by atoms with Gasteiger partial charge in [-0.15, -0.1) is 0 Å². The third-order valence-corrected chi connectivity index (χ3v) is 4.69. The number of carbonyl (C=O) groups excluding carboxylic acids is 1. The Hall–Kier alpha value is -0.710. The molecule has 2 aromatic carbocycles. The highest BCUT2D eigenvalue weighted by Gasteiger charge is 2.23. The second-order valence-corrected chi connectivity index (χ2v) is 7.10. The molecule has 0 aliphatic rings. The Labute approximate surface area is 147 Å². The first kappa shape index (κ1) is 15.7. The zero-order chi connectivity index (χ0) is 14.7. The van der Waals surface area contributed by atoms with Crippen LogP contribution in [0.5, 0.6) is 0 Å². The molecule has 0 amide bonds. The van der Waals surface area contributed by atoms with Crippen LogP contribution in [0.2, 0.25) is 0 Å². The maximum absolute atomic E-state index is 12.6. The van der Waals surface area contributed by atoms with Gasteiger partial charge in [-0.25, -0.2) is 0 Å². The molecule has 1 unspecified atom stereocenters. The minimum atomic E-state index is -0.796. The van der Waals surface area contributed by atoms with Gasteiger partial charge in [0.2, 0.25) is 0 Å². The number of Topliss-reactive ketones (excluding diaryl/α,β-unsaturated/α-hetero) is 1. The van der Waals surface area contributed by atoms with Gasteiger partial charge in [0, 0.05) is 18.1 Å². The fourth-order valence-electron chi connectivity index (χ4n) is 1.81. The van der Waals surface area contributed by atoms with Crippen molar-refractivity contribution in [3.63, 3.8) is 0 Å². The van der Waals surface area contributed by atoms with Gasteiger partial charge in [-0.05, 0) is 58.5 Å². The van der Waals surface area contributed by atoms with Crippen molar-refractivity contribution in [3.05, 3.63) is 66.1 Å². The van der Waals surface area contributed by atoms with E-state index in [1.165, 1.54) is 0 Å². The van der Waals surface area contributed by atoms with Crippen LogP contribution in [0.25, 0.3) is 0 Å². The normalized spacial score (nSPS) is 11.7. The van der Waals surface area contributed by atoms with Gasteiger partial charge >= 0.3 is 0 Å². The molecule has 0 aliphatic heterocycles. The molecule has 0 radical (unpaired) electrons. The average molecular weight is 505 g/mol. The highest BCUT2D eigenvalue weighted by atomic mass is 127. The van der Waals surface area contributed by atoms with Crippen LogP contribution in [0.4, 0.5) is 0 Å². The molecule has 0 heterocycles. The molecular formula is C15H8Br2INO. The second-order valence-electron chi connectivity index (χ2n) is 4.11. The fraction of sp³-hybridized carbons (Fsp3) is 0.0667. The summed E-state index contributed by atoms with van der Waals surface area (Å²) in [6.45, 7) is 0. The standard InChI is InChI=1S/C15H8Br2INO/c16-10-3-1-2-9(6-10)13(8-19)15(20)12-7-11(17)4-5-14(12)18/h1-7,13H. The third-order valence-electron chi connectivity index (χ3n) is 2.77. The van der Waals surface area contributed by atoms with Gasteiger partial charge in [0.05, 0.1) is 6.07 Å². The second kappa shape index (κ2) is 6.83. The Morgan fingerprint density at radius 2 is 1.85 bits per heavy atom. The van der Waals surface area contributed by atoms with Gasteiger partial charge in [0.1, 0.15) is 5.92 Å². The van der Waals surface area contributed by atoms with Gasteiger partial charge in [-0.2, -0.15) is 5.26 Å². The van der Waals surface area contributed by atoms with Crippen molar-refractivity contribution in [2.24, 2.45) is 0 Å². The van der Waals surface area contributed by atoms with E-state index in [0.717, 1.165) is 12.5 Å². The smallest absolute Gasteiger partial charge is 0.185 e. The lowest BCUT2D eigenvalue weighted by Crippen LogP contribution is -2.12. The quantitative estimate of drug-likeness (QED) is 0.420. The van der Waals surface area contributed by atoms with Crippen molar-refractivity contribution >= 4 is 60.2 Å². The zero-order valence-electron chi connectivity index (χ0n) is 10.1. The van der Waals surface area contributed by atoms with E-state index in [1.807, 2.05) is 24.3 Å². The lowest BCUT2D eigenvalue weighted by atomic mass is 9.92. The van der Waals surface area contributed by atoms with Crippen LogP contribution in [0.3, 0.4) is 0 Å². The Bertz CT molecular complexity index is 709. The molecule has 20 heavy (non-hydrogen) atoms. The monoisotopic (exact) mass is 503 g/mol. The first-order valence-electron chi connectivity index (χ1n) is 5.67. The SMILES string of the molecule is N#CC(C(=O)c1cc(Br)ccc1I)c1cccc(Br)c1. The number of nitrogens with zero attached hydrogens (tertiary/aromatic N) is 1. The number of ketones is 1. The number of hydrogen-bond acceptors (Lipinski definition) is 2. The van der Waals surface area contributed by atoms with Crippen molar-refractivity contribution < 1.29 is 4.79 Å². The Morgan fingerprint density at radius 3 is 2.50 bits per heavy atom. The van der Waals surface area contributed by atoms with Crippen molar-refractivity contribution in [3.8, 4) is 6.07 Å². The highest BCUT2D eigenvalue weighted by molar-refractivity contribution is 14.1. The molecule has 100 valence electrons. The minimum absolute atomic E-state index is 0.184. The van der Waals surface area contributed by atoms with E-state index in [4.69, 9.17) is 0 Å². The molecule has 0 spiro atoms. The molecular weight excluding hydrogens is 497 g/mol. The van der Waals surface area contributed by atoms with Crippen LogP contribution in [-0.4, -0.2) is 5.78 Å². The van der Waals surface area contributed by atoms with Gasteiger partial charge in [-0.1, -0.05) is 44.0 Å². The van der Waals surface area contributed by atoms with Crippen molar-refractivity contribution in [2.75, 3.05) is 0 Å². The van der Waals surface area contributed by atoms with E-state index in [-0.39, 0.29) is 5.78 Å². The molecule has 0 bridgehead atoms. The molecule has 0 saturated heterocycles. The van der Waals surface area contributed by atoms with Crippen LogP contribution in [0.15, 0.2) is 51.4 Å². The maximum atomic E-state index is 12.6. The highest BCUT2D eigenvalue weighted by Crippen LogP contribution is 2.27. The van der Waals surface area contributed by atoms with Gasteiger partial charge < -0.3 is 0 Å². The van der Waals surface area contributed by atoms with Crippen LogP contribution < -0.4 is 0 Å². The Balaban J connectivity index is 2.45. The topological polar surface area (TPSA) is 40.9 Å². The summed E-state index contributed by atoms with van der Waals surface area (Å²) in [6.07, 6.45) is 0. The van der Waals surface area contributed by atoms with Crippen LogP contribution in [0.1, 0.15) is 21.8 Å². The van der Waals surface area contributed by atoms with Crippen LogP contribution >= 0.6 is 54.5 Å². The van der Waals surface area contributed by atoms with E-state index >= 15 is 0 Å². The molecule has 5 heteroatoms. The van der Waals surface area contributed by atoms with Gasteiger partial charge in [-0.3, -0.25) is 4.79 Å². The van der Waals surface area contributed by atoms with Gasteiger partial charge in [0.15, 0.2) is 5.78 Å². The summed E-state index contributed by atoms with van der Waals surface area (Å²) in [6, 6.07) is 14.9. The van der Waals surface area contributed by atoms with Crippen molar-refractivity contribution in [2.45, 2.75) is 5.92 Å². The minimum Gasteiger partial charge on any atom is -0.292 e. The molecule has 2 aromatic rings. The molecule has 2 rings (SSSR count). The molecule has 0 aromatic heterocycles. The summed E-state index contributed by atoms with van der Waals surface area (Å²) < 4.78 is 2.52. The summed E-state index contributed by atoms with van der Waals surface area (Å²) in [7, 11) is 0. The van der Waals surface area contributed by atoms with Crippen LogP contribution in [-0.2, 0) is 0 Å². The summed E-state index contributed by atoms with van der Waals surface area (Å²) in [4.78, 5) is 12.6. The predicted octanol–water partition coefficient (Wildman–Crippen LogP) is 5.31. The first-order valence-corrected chi connectivity index (χ1v) is 8.33. The lowest BCUT2D eigenvalue weighted by molar-refractivity contribution is 0.0978. The van der Waals surface area contributed by atoms with E-state index < -0.39 is 5.92 Å². The number of nitriles is 1. The van der Waals surface area contributed by atoms with Crippen molar-refractivity contribution in [1.29, 1.82) is 5.26 Å². The summed E-state index contributed by atoms with van der Waals surface area (Å²) >= 11 is 8.83. The number of carbonyl (C=O) groups is 1. The van der Waals surface area contributed by atoms with Gasteiger partial charge in [0.25, 0.3) is 0 Å².